The van der Waals surface area contributed by atoms with Crippen molar-refractivity contribution in [3.63, 3.8) is 0 Å². The first kappa shape index (κ1) is 20.2. The lowest BCUT2D eigenvalue weighted by molar-refractivity contribution is 0.0762. The molecule has 2 aromatic carbocycles. The van der Waals surface area contributed by atoms with E-state index in [4.69, 9.17) is 23.2 Å². The van der Waals surface area contributed by atoms with E-state index in [-0.39, 0.29) is 11.8 Å². The molecule has 0 bridgehead atoms. The third-order valence-corrected chi connectivity index (χ3v) is 6.99. The highest BCUT2D eigenvalue weighted by atomic mass is 35.5. The summed E-state index contributed by atoms with van der Waals surface area (Å²) in [6, 6.07) is 12.5. The molecule has 0 atom stereocenters. The van der Waals surface area contributed by atoms with Crippen LogP contribution in [-0.4, -0.2) is 29.8 Å². The van der Waals surface area contributed by atoms with Crippen LogP contribution >= 0.6 is 34.5 Å². The van der Waals surface area contributed by atoms with Crippen LogP contribution in [0, 0.1) is 0 Å². The van der Waals surface area contributed by atoms with E-state index in [9.17, 15) is 9.59 Å². The Morgan fingerprint density at radius 1 is 0.966 bits per heavy atom. The molecule has 0 aliphatic carbocycles. The molecular weight excluding hydrogens is 427 g/mol. The Bertz CT molecular complexity index is 1070. The van der Waals surface area contributed by atoms with Gasteiger partial charge in [0.2, 0.25) is 0 Å². The fraction of sp³-hybridized carbons (Fsp3) is 0.273. The molecule has 0 saturated carbocycles. The van der Waals surface area contributed by atoms with Gasteiger partial charge in [-0.2, -0.15) is 0 Å². The normalized spacial score (nSPS) is 14.6. The molecule has 2 heterocycles. The lowest BCUT2D eigenvalue weighted by Crippen LogP contribution is -2.32. The van der Waals surface area contributed by atoms with Crippen LogP contribution in [0.5, 0.6) is 0 Å². The number of rotatable bonds is 3. The van der Waals surface area contributed by atoms with Crippen LogP contribution in [0.25, 0.3) is 10.1 Å². The Morgan fingerprint density at radius 2 is 1.69 bits per heavy atom. The standard InChI is InChI=1S/C22H20Cl2N2O2S/c23-14-9-10-16-18(13-14)29-20(19(16)24)21(27)25-17-8-4-3-7-15(17)22(28)26-11-5-1-2-6-12-26/h3-4,7-10,13H,1-2,5-6,11-12H2,(H,25,27). The summed E-state index contributed by atoms with van der Waals surface area (Å²) in [4.78, 5) is 28.3. The van der Waals surface area contributed by atoms with Gasteiger partial charge in [-0.3, -0.25) is 9.59 Å². The van der Waals surface area contributed by atoms with Gasteiger partial charge in [0.25, 0.3) is 11.8 Å². The van der Waals surface area contributed by atoms with Gasteiger partial charge in [-0.25, -0.2) is 0 Å². The summed E-state index contributed by atoms with van der Waals surface area (Å²) in [5.41, 5.74) is 1.00. The van der Waals surface area contributed by atoms with Gasteiger partial charge in [-0.05, 0) is 37.1 Å². The lowest BCUT2D eigenvalue weighted by atomic mass is 10.1. The van der Waals surface area contributed by atoms with Crippen molar-refractivity contribution in [2.75, 3.05) is 18.4 Å². The highest BCUT2D eigenvalue weighted by Gasteiger charge is 2.23. The Morgan fingerprint density at radius 3 is 2.45 bits per heavy atom. The Labute approximate surface area is 183 Å². The van der Waals surface area contributed by atoms with Crippen molar-refractivity contribution in [3.05, 3.63) is 63.0 Å². The third kappa shape index (κ3) is 4.27. The molecule has 4 nitrogen and oxygen atoms in total. The average molecular weight is 447 g/mol. The van der Waals surface area contributed by atoms with E-state index in [0.29, 0.717) is 26.2 Å². The second-order valence-corrected chi connectivity index (χ2v) is 8.96. The minimum atomic E-state index is -0.330. The average Bonchev–Trinajstić information content (AvgIpc) is 2.88. The molecule has 3 aromatic rings. The molecule has 0 radical (unpaired) electrons. The summed E-state index contributed by atoms with van der Waals surface area (Å²) in [6.07, 6.45) is 4.33. The number of likely N-dealkylation sites (tertiary alicyclic amines) is 1. The predicted molar refractivity (Wildman–Crippen MR) is 121 cm³/mol. The zero-order valence-electron chi connectivity index (χ0n) is 15.7. The van der Waals surface area contributed by atoms with Crippen LogP contribution in [0.15, 0.2) is 42.5 Å². The lowest BCUT2D eigenvalue weighted by Gasteiger charge is -2.22. The van der Waals surface area contributed by atoms with E-state index in [1.165, 1.54) is 11.3 Å². The molecule has 0 spiro atoms. The van der Waals surface area contributed by atoms with Crippen LogP contribution in [-0.2, 0) is 0 Å². The molecule has 150 valence electrons. The second kappa shape index (κ2) is 8.74. The van der Waals surface area contributed by atoms with Crippen molar-refractivity contribution in [1.29, 1.82) is 0 Å². The smallest absolute Gasteiger partial charge is 0.267 e. The molecule has 1 aliphatic rings. The summed E-state index contributed by atoms with van der Waals surface area (Å²) in [5.74, 6) is -0.375. The Kier molecular flexibility index (Phi) is 6.09. The van der Waals surface area contributed by atoms with Gasteiger partial charge >= 0.3 is 0 Å². The Balaban J connectivity index is 1.61. The number of para-hydroxylation sites is 1. The molecular formula is C22H20Cl2N2O2S. The van der Waals surface area contributed by atoms with Gasteiger partial charge in [0, 0.05) is 28.2 Å². The Hall–Kier alpha value is -2.08. The summed E-state index contributed by atoms with van der Waals surface area (Å²) in [6.45, 7) is 1.51. The molecule has 7 heteroatoms. The van der Waals surface area contributed by atoms with Crippen molar-refractivity contribution < 1.29 is 9.59 Å². The van der Waals surface area contributed by atoms with Crippen molar-refractivity contribution in [1.82, 2.24) is 4.90 Å². The summed E-state index contributed by atoms with van der Waals surface area (Å²) >= 11 is 13.8. The number of hydrogen-bond donors (Lipinski definition) is 1. The van der Waals surface area contributed by atoms with E-state index in [0.717, 1.165) is 48.9 Å². The SMILES string of the molecule is O=C(Nc1ccccc1C(=O)N1CCCCCC1)c1sc2cc(Cl)ccc2c1Cl. The van der Waals surface area contributed by atoms with Crippen molar-refractivity contribution in [2.45, 2.75) is 25.7 Å². The first-order valence-corrected chi connectivity index (χ1v) is 11.2. The summed E-state index contributed by atoms with van der Waals surface area (Å²) < 4.78 is 0.849. The molecule has 1 aromatic heterocycles. The van der Waals surface area contributed by atoms with Crippen LogP contribution in [0.4, 0.5) is 5.69 Å². The highest BCUT2D eigenvalue weighted by molar-refractivity contribution is 7.21. The summed E-state index contributed by atoms with van der Waals surface area (Å²) in [7, 11) is 0. The van der Waals surface area contributed by atoms with Gasteiger partial charge < -0.3 is 10.2 Å². The number of thiophene rings is 1. The molecule has 1 aliphatic heterocycles. The van der Waals surface area contributed by atoms with Crippen LogP contribution in [0.1, 0.15) is 45.7 Å². The number of anilines is 1. The fourth-order valence-corrected chi connectivity index (χ4v) is 5.28. The molecule has 1 N–H and O–H groups in total. The zero-order valence-corrected chi connectivity index (χ0v) is 18.0. The summed E-state index contributed by atoms with van der Waals surface area (Å²) in [5, 5.41) is 4.67. The third-order valence-electron chi connectivity index (χ3n) is 5.10. The van der Waals surface area contributed by atoms with Gasteiger partial charge in [0.15, 0.2) is 0 Å². The molecule has 1 fully saturated rings. The quantitative estimate of drug-likeness (QED) is 0.500. The number of hydrogen-bond acceptors (Lipinski definition) is 3. The zero-order chi connectivity index (χ0) is 20.4. The monoisotopic (exact) mass is 446 g/mol. The van der Waals surface area contributed by atoms with Crippen LogP contribution in [0.2, 0.25) is 10.0 Å². The van der Waals surface area contributed by atoms with Gasteiger partial charge in [-0.15, -0.1) is 11.3 Å². The van der Waals surface area contributed by atoms with Crippen LogP contribution in [0.3, 0.4) is 0 Å². The topological polar surface area (TPSA) is 49.4 Å². The molecule has 2 amide bonds. The van der Waals surface area contributed by atoms with Crippen LogP contribution < -0.4 is 5.32 Å². The number of carbonyl (C=O) groups excluding carboxylic acids is 2. The minimum Gasteiger partial charge on any atom is -0.339 e. The first-order valence-electron chi connectivity index (χ1n) is 9.62. The highest BCUT2D eigenvalue weighted by Crippen LogP contribution is 2.37. The van der Waals surface area contributed by atoms with Gasteiger partial charge in [0.05, 0.1) is 16.3 Å². The van der Waals surface area contributed by atoms with E-state index in [1.807, 2.05) is 17.0 Å². The maximum absolute atomic E-state index is 13.1. The fourth-order valence-electron chi connectivity index (χ4n) is 3.59. The molecule has 1 saturated heterocycles. The number of fused-ring (bicyclic) bond motifs is 1. The minimum absolute atomic E-state index is 0.0444. The maximum atomic E-state index is 13.1. The van der Waals surface area contributed by atoms with Crippen molar-refractivity contribution in [2.24, 2.45) is 0 Å². The molecule has 0 unspecified atom stereocenters. The molecule has 29 heavy (non-hydrogen) atoms. The van der Waals surface area contributed by atoms with E-state index < -0.39 is 0 Å². The van der Waals surface area contributed by atoms with Gasteiger partial charge in [0.1, 0.15) is 4.88 Å². The van der Waals surface area contributed by atoms with E-state index in [2.05, 4.69) is 5.32 Å². The van der Waals surface area contributed by atoms with Gasteiger partial charge in [-0.1, -0.05) is 54.2 Å². The maximum Gasteiger partial charge on any atom is 0.267 e. The number of halogens is 2. The second-order valence-electron chi connectivity index (χ2n) is 7.09. The number of amides is 2. The number of nitrogens with one attached hydrogen (secondary N) is 1. The number of nitrogens with zero attached hydrogens (tertiary/aromatic N) is 1. The predicted octanol–water partition coefficient (Wildman–Crippen LogP) is 6.48. The number of benzene rings is 2. The van der Waals surface area contributed by atoms with E-state index >= 15 is 0 Å². The first-order chi connectivity index (χ1) is 14.0. The largest absolute Gasteiger partial charge is 0.339 e. The number of carbonyl (C=O) groups is 2. The van der Waals surface area contributed by atoms with Crippen molar-refractivity contribution >= 4 is 62.1 Å². The van der Waals surface area contributed by atoms with Crippen molar-refractivity contribution in [3.8, 4) is 0 Å². The molecule has 4 rings (SSSR count). The van der Waals surface area contributed by atoms with E-state index in [1.54, 1.807) is 30.3 Å².